The first-order valence-electron chi connectivity index (χ1n) is 9.37. The Morgan fingerprint density at radius 1 is 0.963 bits per heavy atom. The number of rotatable bonds is 7. The first kappa shape index (κ1) is 19.3. The minimum absolute atomic E-state index is 0.0596. The lowest BCUT2D eigenvalue weighted by atomic mass is 10.2. The molecule has 4 nitrogen and oxygen atoms in total. The summed E-state index contributed by atoms with van der Waals surface area (Å²) in [5.74, 6) is -0.342. The second-order valence-electron chi connectivity index (χ2n) is 6.76. The first-order valence-corrected chi connectivity index (χ1v) is 9.37. The van der Waals surface area contributed by atoms with E-state index in [-0.39, 0.29) is 18.3 Å². The first-order chi connectivity index (χ1) is 13.2. The molecule has 3 rings (SSSR count). The Kier molecular flexibility index (Phi) is 7.13. The fraction of sp³-hybridized carbons (Fsp3) is 0.318. The molecule has 0 bridgehead atoms. The normalized spacial score (nSPS) is 15.9. The van der Waals surface area contributed by atoms with Crippen molar-refractivity contribution in [2.75, 3.05) is 39.3 Å². The maximum Gasteiger partial charge on any atom is 0.234 e. The summed E-state index contributed by atoms with van der Waals surface area (Å²) in [6.45, 7) is 5.14. The summed E-state index contributed by atoms with van der Waals surface area (Å²) in [6.07, 6.45) is 4.33. The van der Waals surface area contributed by atoms with Crippen LogP contribution in [0.15, 0.2) is 60.7 Å². The summed E-state index contributed by atoms with van der Waals surface area (Å²) in [4.78, 5) is 16.6. The number of halogens is 1. The molecule has 27 heavy (non-hydrogen) atoms. The van der Waals surface area contributed by atoms with Crippen LogP contribution in [0.1, 0.15) is 11.1 Å². The predicted molar refractivity (Wildman–Crippen MR) is 107 cm³/mol. The molecule has 1 amide bonds. The monoisotopic (exact) mass is 367 g/mol. The molecule has 1 fully saturated rings. The number of amides is 1. The van der Waals surface area contributed by atoms with E-state index < -0.39 is 0 Å². The molecule has 0 saturated carbocycles. The molecule has 1 N–H and O–H groups in total. The lowest BCUT2D eigenvalue weighted by molar-refractivity contribution is -0.122. The third kappa shape index (κ3) is 6.31. The summed E-state index contributed by atoms with van der Waals surface area (Å²) in [6, 6.07) is 16.8. The van der Waals surface area contributed by atoms with E-state index in [1.54, 1.807) is 18.2 Å². The highest BCUT2D eigenvalue weighted by atomic mass is 19.1. The van der Waals surface area contributed by atoms with E-state index in [0.717, 1.165) is 32.7 Å². The molecule has 0 radical (unpaired) electrons. The topological polar surface area (TPSA) is 35.6 Å². The number of benzene rings is 2. The molecule has 2 aromatic rings. The fourth-order valence-corrected chi connectivity index (χ4v) is 3.13. The Labute approximate surface area is 160 Å². The van der Waals surface area contributed by atoms with Crippen molar-refractivity contribution in [2.24, 2.45) is 0 Å². The molecule has 0 spiro atoms. The Hall–Kier alpha value is -2.50. The summed E-state index contributed by atoms with van der Waals surface area (Å²) in [7, 11) is 0. The molecule has 0 aromatic heterocycles. The van der Waals surface area contributed by atoms with Crippen molar-refractivity contribution < 1.29 is 9.18 Å². The molecular formula is C22H26FN3O. The van der Waals surface area contributed by atoms with Crippen molar-refractivity contribution in [3.63, 3.8) is 0 Å². The summed E-state index contributed by atoms with van der Waals surface area (Å²) in [5, 5.41) is 2.81. The van der Waals surface area contributed by atoms with E-state index in [1.165, 1.54) is 11.6 Å². The Morgan fingerprint density at radius 2 is 1.63 bits per heavy atom. The van der Waals surface area contributed by atoms with E-state index >= 15 is 0 Å². The van der Waals surface area contributed by atoms with Gasteiger partial charge in [-0.25, -0.2) is 4.39 Å². The van der Waals surface area contributed by atoms with E-state index in [2.05, 4.69) is 39.4 Å². The average molecular weight is 367 g/mol. The van der Waals surface area contributed by atoms with Crippen LogP contribution in [0.5, 0.6) is 0 Å². The molecule has 1 heterocycles. The molecule has 1 saturated heterocycles. The van der Waals surface area contributed by atoms with E-state index in [0.29, 0.717) is 12.1 Å². The van der Waals surface area contributed by atoms with Crippen molar-refractivity contribution >= 4 is 12.0 Å². The second-order valence-corrected chi connectivity index (χ2v) is 6.76. The highest BCUT2D eigenvalue weighted by Gasteiger charge is 2.18. The highest BCUT2D eigenvalue weighted by Crippen LogP contribution is 2.06. The number of nitrogens with zero attached hydrogens (tertiary/aromatic N) is 2. The van der Waals surface area contributed by atoms with Gasteiger partial charge in [0.15, 0.2) is 0 Å². The maximum atomic E-state index is 13.6. The van der Waals surface area contributed by atoms with Gasteiger partial charge in [0.2, 0.25) is 5.91 Å². The molecule has 142 valence electrons. The number of hydrogen-bond donors (Lipinski definition) is 1. The second kappa shape index (κ2) is 10.00. The van der Waals surface area contributed by atoms with Gasteiger partial charge in [-0.15, -0.1) is 0 Å². The van der Waals surface area contributed by atoms with Crippen LogP contribution in [-0.2, 0) is 11.3 Å². The minimum atomic E-state index is -0.282. The van der Waals surface area contributed by atoms with Crippen molar-refractivity contribution in [1.82, 2.24) is 15.1 Å². The number of carbonyl (C=O) groups excluding carboxylic acids is 1. The molecule has 5 heteroatoms. The zero-order valence-electron chi connectivity index (χ0n) is 15.5. The number of nitrogens with one attached hydrogen (secondary N) is 1. The average Bonchev–Trinajstić information content (AvgIpc) is 2.69. The Bertz CT molecular complexity index is 755. The number of carbonyl (C=O) groups is 1. The molecule has 0 unspecified atom stereocenters. The maximum absolute atomic E-state index is 13.6. The third-order valence-corrected chi connectivity index (χ3v) is 4.74. The fourth-order valence-electron chi connectivity index (χ4n) is 3.13. The van der Waals surface area contributed by atoms with Crippen molar-refractivity contribution in [1.29, 1.82) is 0 Å². The predicted octanol–water partition coefficient (Wildman–Crippen LogP) is 2.77. The van der Waals surface area contributed by atoms with Gasteiger partial charge in [-0.1, -0.05) is 60.7 Å². The van der Waals surface area contributed by atoms with E-state index in [4.69, 9.17) is 0 Å². The van der Waals surface area contributed by atoms with E-state index in [1.807, 2.05) is 18.2 Å². The van der Waals surface area contributed by atoms with Gasteiger partial charge < -0.3 is 5.32 Å². The molecule has 1 aliphatic heterocycles. The summed E-state index contributed by atoms with van der Waals surface area (Å²) < 4.78 is 13.6. The number of hydrogen-bond acceptors (Lipinski definition) is 3. The quantitative estimate of drug-likeness (QED) is 0.817. The van der Waals surface area contributed by atoms with Crippen LogP contribution in [-0.4, -0.2) is 55.0 Å². The number of piperazine rings is 1. The standard InChI is InChI=1S/C22H26FN3O/c23-21-11-5-4-10-20(21)17-24-22(27)18-26-15-13-25(14-16-26)12-6-9-19-7-2-1-3-8-19/h1-11H,12-18H2,(H,24,27)/b9-6+. The minimum Gasteiger partial charge on any atom is -0.351 e. The van der Waals surface area contributed by atoms with E-state index in [9.17, 15) is 9.18 Å². The highest BCUT2D eigenvalue weighted by molar-refractivity contribution is 5.78. The zero-order chi connectivity index (χ0) is 18.9. The smallest absolute Gasteiger partial charge is 0.234 e. The van der Waals surface area contributed by atoms with Crippen molar-refractivity contribution in [2.45, 2.75) is 6.54 Å². The van der Waals surface area contributed by atoms with Crippen LogP contribution in [0.4, 0.5) is 4.39 Å². The zero-order valence-corrected chi connectivity index (χ0v) is 15.5. The molecule has 0 atom stereocenters. The molecule has 2 aromatic carbocycles. The van der Waals surface area contributed by atoms with Crippen LogP contribution in [0.3, 0.4) is 0 Å². The van der Waals surface area contributed by atoms with Gasteiger partial charge in [0.1, 0.15) is 5.82 Å². The van der Waals surface area contributed by atoms with Gasteiger partial charge >= 0.3 is 0 Å². The van der Waals surface area contributed by atoms with Crippen LogP contribution in [0.2, 0.25) is 0 Å². The van der Waals surface area contributed by atoms with Crippen molar-refractivity contribution in [3.05, 3.63) is 77.6 Å². The Morgan fingerprint density at radius 3 is 2.37 bits per heavy atom. The van der Waals surface area contributed by atoms with Crippen LogP contribution in [0, 0.1) is 5.82 Å². The van der Waals surface area contributed by atoms with Gasteiger partial charge in [0.25, 0.3) is 0 Å². The van der Waals surface area contributed by atoms with Crippen LogP contribution < -0.4 is 5.32 Å². The van der Waals surface area contributed by atoms with Gasteiger partial charge in [0.05, 0.1) is 6.54 Å². The largest absolute Gasteiger partial charge is 0.351 e. The Balaban J connectivity index is 1.35. The lowest BCUT2D eigenvalue weighted by Gasteiger charge is -2.33. The van der Waals surface area contributed by atoms with Gasteiger partial charge in [-0.2, -0.15) is 0 Å². The molecule has 1 aliphatic rings. The van der Waals surface area contributed by atoms with Gasteiger partial charge in [0, 0.05) is 44.8 Å². The van der Waals surface area contributed by atoms with Gasteiger partial charge in [-0.3, -0.25) is 14.6 Å². The van der Waals surface area contributed by atoms with Crippen LogP contribution in [0.25, 0.3) is 6.08 Å². The van der Waals surface area contributed by atoms with Crippen molar-refractivity contribution in [3.8, 4) is 0 Å². The van der Waals surface area contributed by atoms with Gasteiger partial charge in [-0.05, 0) is 11.6 Å². The molecular weight excluding hydrogens is 341 g/mol. The molecule has 0 aliphatic carbocycles. The lowest BCUT2D eigenvalue weighted by Crippen LogP contribution is -2.49. The summed E-state index contributed by atoms with van der Waals surface area (Å²) in [5.41, 5.74) is 1.73. The third-order valence-electron chi connectivity index (χ3n) is 4.74. The SMILES string of the molecule is O=C(CN1CCN(C/C=C/c2ccccc2)CC1)NCc1ccccc1F. The van der Waals surface area contributed by atoms with Crippen LogP contribution >= 0.6 is 0 Å². The summed E-state index contributed by atoms with van der Waals surface area (Å²) >= 11 is 0.